The molecule has 2 atom stereocenters. The molecule has 1 aromatic carbocycles. The fraction of sp³-hybridized carbons (Fsp3) is 0.333. The van der Waals surface area contributed by atoms with E-state index in [0.717, 1.165) is 0 Å². The molecule has 2 nitrogen and oxygen atoms in total. The van der Waals surface area contributed by atoms with Gasteiger partial charge in [-0.2, -0.15) is 12.6 Å². The highest BCUT2D eigenvalue weighted by Gasteiger charge is 2.23. The number of hydrogen-bond acceptors (Lipinski definition) is 3. The van der Waals surface area contributed by atoms with Crippen LogP contribution in [0.15, 0.2) is 12.1 Å². The minimum absolute atomic E-state index is 0.0976. The molecular weight excluding hydrogens is 279 g/mol. The predicted molar refractivity (Wildman–Crippen MR) is 66.3 cm³/mol. The average Bonchev–Trinajstić information content (AvgIpc) is 2.22. The number of halogens is 3. The third-order valence-electron chi connectivity index (χ3n) is 1.93. The Morgan fingerprint density at radius 3 is 2.20 bits per heavy atom. The van der Waals surface area contributed by atoms with Crippen LogP contribution in [0, 0.1) is 0 Å². The van der Waals surface area contributed by atoms with Crippen molar-refractivity contribution in [2.75, 3.05) is 5.75 Å². The zero-order valence-electron chi connectivity index (χ0n) is 7.49. The number of aliphatic hydroxyl groups is 2. The maximum atomic E-state index is 9.75. The van der Waals surface area contributed by atoms with Crippen LogP contribution in [0.2, 0.25) is 15.1 Å². The van der Waals surface area contributed by atoms with Crippen molar-refractivity contribution in [3.8, 4) is 0 Å². The molecule has 0 aliphatic rings. The molecule has 2 unspecified atom stereocenters. The quantitative estimate of drug-likeness (QED) is 0.591. The van der Waals surface area contributed by atoms with Crippen LogP contribution >= 0.6 is 47.4 Å². The number of aliphatic hydroxyl groups excluding tert-OH is 2. The second-order valence-electron chi connectivity index (χ2n) is 2.95. The summed E-state index contributed by atoms with van der Waals surface area (Å²) in [6, 6.07) is 3.04. The Bertz CT molecular complexity index is 359. The Morgan fingerprint density at radius 1 is 1.13 bits per heavy atom. The van der Waals surface area contributed by atoms with Crippen LogP contribution in [0.4, 0.5) is 0 Å². The molecule has 0 saturated carbocycles. The van der Waals surface area contributed by atoms with Crippen molar-refractivity contribution in [2.45, 2.75) is 12.2 Å². The maximum absolute atomic E-state index is 9.75. The molecule has 6 heteroatoms. The molecule has 0 radical (unpaired) electrons. The molecule has 0 aromatic heterocycles. The predicted octanol–water partition coefficient (Wildman–Crippen LogP) is 2.97. The summed E-state index contributed by atoms with van der Waals surface area (Å²) in [4.78, 5) is 0. The average molecular weight is 288 g/mol. The van der Waals surface area contributed by atoms with E-state index < -0.39 is 12.2 Å². The third kappa shape index (κ3) is 2.93. The summed E-state index contributed by atoms with van der Waals surface area (Å²) in [7, 11) is 0. The van der Waals surface area contributed by atoms with E-state index in [2.05, 4.69) is 12.6 Å². The summed E-state index contributed by atoms with van der Waals surface area (Å²) in [5.41, 5.74) is 0.229. The fourth-order valence-corrected chi connectivity index (χ4v) is 2.06. The zero-order valence-corrected chi connectivity index (χ0v) is 10.7. The Balaban J connectivity index is 3.18. The Kier molecular flexibility index (Phi) is 5.03. The van der Waals surface area contributed by atoms with Gasteiger partial charge in [0.1, 0.15) is 6.10 Å². The third-order valence-corrected chi connectivity index (χ3v) is 3.45. The van der Waals surface area contributed by atoms with Crippen LogP contribution in [0.3, 0.4) is 0 Å². The van der Waals surface area contributed by atoms with Gasteiger partial charge >= 0.3 is 0 Å². The van der Waals surface area contributed by atoms with E-state index in [9.17, 15) is 10.2 Å². The van der Waals surface area contributed by atoms with Crippen molar-refractivity contribution in [1.82, 2.24) is 0 Å². The summed E-state index contributed by atoms with van der Waals surface area (Å²) in [6.07, 6.45) is -2.23. The molecule has 0 spiro atoms. The van der Waals surface area contributed by atoms with Crippen molar-refractivity contribution in [3.63, 3.8) is 0 Å². The van der Waals surface area contributed by atoms with Crippen molar-refractivity contribution in [2.24, 2.45) is 0 Å². The Hall–Kier alpha value is 0.360. The van der Waals surface area contributed by atoms with E-state index in [0.29, 0.717) is 0 Å². The molecule has 0 aliphatic heterocycles. The van der Waals surface area contributed by atoms with Crippen LogP contribution in [-0.4, -0.2) is 22.1 Å². The van der Waals surface area contributed by atoms with Crippen molar-refractivity contribution in [1.29, 1.82) is 0 Å². The number of benzene rings is 1. The molecule has 0 aliphatic carbocycles. The van der Waals surface area contributed by atoms with Crippen LogP contribution in [0.25, 0.3) is 0 Å². The smallest absolute Gasteiger partial charge is 0.109 e. The summed E-state index contributed by atoms with van der Waals surface area (Å²) in [5, 5.41) is 19.9. The van der Waals surface area contributed by atoms with E-state index in [1.807, 2.05) is 0 Å². The van der Waals surface area contributed by atoms with Crippen LogP contribution in [0.5, 0.6) is 0 Å². The fourth-order valence-electron chi connectivity index (χ4n) is 1.11. The van der Waals surface area contributed by atoms with E-state index >= 15 is 0 Å². The second-order valence-corrected chi connectivity index (χ2v) is 4.51. The molecule has 1 rings (SSSR count). The lowest BCUT2D eigenvalue weighted by Crippen LogP contribution is -2.20. The Morgan fingerprint density at radius 2 is 1.67 bits per heavy atom. The van der Waals surface area contributed by atoms with Gasteiger partial charge in [-0.15, -0.1) is 0 Å². The van der Waals surface area contributed by atoms with Crippen molar-refractivity contribution < 1.29 is 10.2 Å². The Labute approximate surface area is 108 Å². The van der Waals surface area contributed by atoms with Gasteiger partial charge in [0.25, 0.3) is 0 Å². The van der Waals surface area contributed by atoms with E-state index in [1.54, 1.807) is 0 Å². The highest BCUT2D eigenvalue weighted by molar-refractivity contribution is 7.80. The number of hydrogen-bond donors (Lipinski definition) is 3. The minimum atomic E-state index is -1.19. The minimum Gasteiger partial charge on any atom is -0.389 e. The zero-order chi connectivity index (χ0) is 11.6. The first kappa shape index (κ1) is 13.4. The molecule has 2 N–H and O–H groups in total. The first-order valence-corrected chi connectivity index (χ1v) is 5.86. The van der Waals surface area contributed by atoms with Gasteiger partial charge in [0.15, 0.2) is 0 Å². The summed E-state index contributed by atoms with van der Waals surface area (Å²) in [5.74, 6) is 0.0976. The van der Waals surface area contributed by atoms with Gasteiger partial charge in [-0.05, 0) is 12.1 Å². The van der Waals surface area contributed by atoms with Gasteiger partial charge in [-0.1, -0.05) is 34.8 Å². The van der Waals surface area contributed by atoms with E-state index in [4.69, 9.17) is 34.8 Å². The van der Waals surface area contributed by atoms with E-state index in [-0.39, 0.29) is 26.4 Å². The van der Waals surface area contributed by atoms with Gasteiger partial charge in [0.2, 0.25) is 0 Å². The van der Waals surface area contributed by atoms with Gasteiger partial charge in [0, 0.05) is 16.3 Å². The van der Waals surface area contributed by atoms with Crippen molar-refractivity contribution >= 4 is 47.4 Å². The van der Waals surface area contributed by atoms with Gasteiger partial charge in [0.05, 0.1) is 16.1 Å². The van der Waals surface area contributed by atoms with Crippen LogP contribution in [-0.2, 0) is 0 Å². The highest BCUT2D eigenvalue weighted by atomic mass is 35.5. The lowest BCUT2D eigenvalue weighted by Gasteiger charge is -2.19. The first-order valence-electron chi connectivity index (χ1n) is 4.09. The van der Waals surface area contributed by atoms with Crippen molar-refractivity contribution in [3.05, 3.63) is 32.8 Å². The standard InChI is InChI=1S/C9H9Cl3O2S/c10-4-1-2-5(11)8(12)7(4)9(14)6(13)3-15/h1-2,6,9,13-15H,3H2. The molecule has 15 heavy (non-hydrogen) atoms. The molecular formula is C9H9Cl3O2S. The number of thiol groups is 1. The first-order chi connectivity index (χ1) is 6.99. The molecule has 0 amide bonds. The summed E-state index contributed by atoms with van der Waals surface area (Å²) < 4.78 is 0. The van der Waals surface area contributed by atoms with Gasteiger partial charge < -0.3 is 10.2 Å². The topological polar surface area (TPSA) is 40.5 Å². The number of rotatable bonds is 3. The van der Waals surface area contributed by atoms with Crippen LogP contribution in [0.1, 0.15) is 11.7 Å². The molecule has 84 valence electrons. The highest BCUT2D eigenvalue weighted by Crippen LogP contribution is 2.36. The van der Waals surface area contributed by atoms with Crippen LogP contribution < -0.4 is 0 Å². The van der Waals surface area contributed by atoms with E-state index in [1.165, 1.54) is 12.1 Å². The monoisotopic (exact) mass is 286 g/mol. The maximum Gasteiger partial charge on any atom is 0.109 e. The molecule has 0 fully saturated rings. The lowest BCUT2D eigenvalue weighted by atomic mass is 10.1. The molecule has 0 bridgehead atoms. The van der Waals surface area contributed by atoms with Gasteiger partial charge in [-0.3, -0.25) is 0 Å². The summed E-state index contributed by atoms with van der Waals surface area (Å²) >= 11 is 21.4. The molecule has 0 heterocycles. The lowest BCUT2D eigenvalue weighted by molar-refractivity contribution is 0.0339. The SMILES string of the molecule is OC(CS)C(O)c1c(Cl)ccc(Cl)c1Cl. The molecule has 1 aromatic rings. The second kappa shape index (κ2) is 5.62. The van der Waals surface area contributed by atoms with Gasteiger partial charge in [-0.25, -0.2) is 0 Å². The normalized spacial score (nSPS) is 15.1. The largest absolute Gasteiger partial charge is 0.389 e. The molecule has 0 saturated heterocycles. The summed E-state index contributed by atoms with van der Waals surface area (Å²) in [6.45, 7) is 0.